The number of carbonyl (C=O) groups excluding carboxylic acids is 1. The van der Waals surface area contributed by atoms with Gasteiger partial charge < -0.3 is 9.64 Å². The van der Waals surface area contributed by atoms with Gasteiger partial charge in [0.25, 0.3) is 11.5 Å². The molecule has 3 heterocycles. The van der Waals surface area contributed by atoms with E-state index in [-0.39, 0.29) is 28.4 Å². The molecule has 1 saturated heterocycles. The Morgan fingerprint density at radius 2 is 2.03 bits per heavy atom. The number of fused-ring (bicyclic) bond motifs is 1. The van der Waals surface area contributed by atoms with Crippen molar-refractivity contribution in [2.75, 3.05) is 19.7 Å². The van der Waals surface area contributed by atoms with Crippen molar-refractivity contribution in [2.24, 2.45) is 0 Å². The van der Waals surface area contributed by atoms with Gasteiger partial charge in [0.05, 0.1) is 18.3 Å². The molecule has 0 unspecified atom stereocenters. The van der Waals surface area contributed by atoms with Crippen LogP contribution in [0.5, 0.6) is 0 Å². The summed E-state index contributed by atoms with van der Waals surface area (Å²) < 4.78 is 60.6. The van der Waals surface area contributed by atoms with Crippen molar-refractivity contribution in [2.45, 2.75) is 19.2 Å². The molecule has 32 heavy (non-hydrogen) atoms. The number of benzene rings is 1. The van der Waals surface area contributed by atoms with E-state index in [9.17, 15) is 27.2 Å². The van der Waals surface area contributed by atoms with Crippen LogP contribution in [-0.2, 0) is 10.9 Å². The molecule has 0 N–H and O–H groups in total. The van der Waals surface area contributed by atoms with E-state index in [0.717, 1.165) is 10.5 Å². The number of pyridine rings is 1. The number of alkyl halides is 3. The number of amides is 1. The third kappa shape index (κ3) is 4.02. The summed E-state index contributed by atoms with van der Waals surface area (Å²) in [6.07, 6.45) is -3.76. The average Bonchev–Trinajstić information content (AvgIpc) is 2.74. The zero-order valence-electron chi connectivity index (χ0n) is 16.6. The maximum atomic E-state index is 14.9. The molecule has 1 aliphatic heterocycles. The van der Waals surface area contributed by atoms with Crippen LogP contribution in [-0.4, -0.2) is 46.0 Å². The van der Waals surface area contributed by atoms with Gasteiger partial charge in [-0.25, -0.2) is 9.37 Å². The van der Waals surface area contributed by atoms with Gasteiger partial charge in [0.1, 0.15) is 15.9 Å². The van der Waals surface area contributed by atoms with Gasteiger partial charge in [-0.3, -0.25) is 14.0 Å². The van der Waals surface area contributed by atoms with Crippen LogP contribution in [0.2, 0.25) is 0 Å². The van der Waals surface area contributed by atoms with E-state index >= 15 is 0 Å². The Balaban J connectivity index is 1.80. The first kappa shape index (κ1) is 22.4. The van der Waals surface area contributed by atoms with Crippen molar-refractivity contribution in [1.82, 2.24) is 14.3 Å². The van der Waals surface area contributed by atoms with E-state index in [4.69, 9.17) is 4.74 Å². The first-order valence-electron chi connectivity index (χ1n) is 9.57. The highest BCUT2D eigenvalue weighted by Gasteiger charge is 2.37. The van der Waals surface area contributed by atoms with Gasteiger partial charge in [-0.1, -0.05) is 6.07 Å². The molecule has 1 atom stereocenters. The zero-order chi connectivity index (χ0) is 23.2. The fraction of sp³-hybridized carbons (Fsp3) is 0.286. The highest BCUT2D eigenvalue weighted by Crippen LogP contribution is 2.33. The maximum Gasteiger partial charge on any atom is 0.434 e. The second kappa shape index (κ2) is 8.28. The third-order valence-electron chi connectivity index (χ3n) is 5.11. The summed E-state index contributed by atoms with van der Waals surface area (Å²) in [7, 11) is 0. The Kier molecular flexibility index (Phi) is 5.80. The third-order valence-corrected chi connectivity index (χ3v) is 5.82. The molecular formula is C21H16BrF4N3O3. The summed E-state index contributed by atoms with van der Waals surface area (Å²) in [5.74, 6) is -1.33. The van der Waals surface area contributed by atoms with Crippen LogP contribution in [0.4, 0.5) is 17.6 Å². The van der Waals surface area contributed by atoms with Crippen LogP contribution in [0, 0.1) is 5.82 Å². The molecule has 11 heteroatoms. The van der Waals surface area contributed by atoms with Crippen molar-refractivity contribution in [1.29, 1.82) is 0 Å². The van der Waals surface area contributed by atoms with E-state index in [2.05, 4.69) is 20.9 Å². The summed E-state index contributed by atoms with van der Waals surface area (Å²) in [6, 6.07) is 6.61. The van der Waals surface area contributed by atoms with Crippen molar-refractivity contribution in [3.63, 3.8) is 0 Å². The van der Waals surface area contributed by atoms with Gasteiger partial charge in [0.15, 0.2) is 5.69 Å². The van der Waals surface area contributed by atoms with Crippen molar-refractivity contribution in [3.05, 3.63) is 68.4 Å². The standard InChI is InChI=1S/C21H16BrF4N3O3/c1-11-10-28(7-8-32-11)19(30)14-5-4-12(9-15(14)23)13-3-2-6-29-18(13)27-17(21(24,25)26)16(22)20(29)31/h2-6,9,11H,7-8,10H2,1H3/t11-/m1/s1. The van der Waals surface area contributed by atoms with Crippen LogP contribution in [0.25, 0.3) is 16.8 Å². The molecule has 0 spiro atoms. The lowest BCUT2D eigenvalue weighted by molar-refractivity contribution is -0.141. The Bertz CT molecular complexity index is 1280. The van der Waals surface area contributed by atoms with Crippen LogP contribution in [0.3, 0.4) is 0 Å². The number of aromatic nitrogens is 2. The van der Waals surface area contributed by atoms with Gasteiger partial charge in [0, 0.05) is 24.8 Å². The predicted molar refractivity (Wildman–Crippen MR) is 111 cm³/mol. The SMILES string of the molecule is C[C@@H]1CN(C(=O)c2ccc(-c3cccn4c(=O)c(Br)c(C(F)(F)F)nc34)cc2F)CCO1. The van der Waals surface area contributed by atoms with E-state index in [1.165, 1.54) is 35.4 Å². The first-order chi connectivity index (χ1) is 15.1. The molecule has 1 fully saturated rings. The van der Waals surface area contributed by atoms with Crippen LogP contribution in [0.15, 0.2) is 45.8 Å². The molecule has 1 aliphatic rings. The maximum absolute atomic E-state index is 14.9. The molecular weight excluding hydrogens is 498 g/mol. The monoisotopic (exact) mass is 513 g/mol. The van der Waals surface area contributed by atoms with Crippen LogP contribution < -0.4 is 5.56 Å². The number of nitrogens with zero attached hydrogens (tertiary/aromatic N) is 3. The van der Waals surface area contributed by atoms with Crippen LogP contribution >= 0.6 is 15.9 Å². The Morgan fingerprint density at radius 1 is 1.28 bits per heavy atom. The van der Waals surface area contributed by atoms with Crippen LogP contribution in [0.1, 0.15) is 23.0 Å². The second-order valence-electron chi connectivity index (χ2n) is 7.32. The number of ether oxygens (including phenoxy) is 1. The fourth-order valence-electron chi connectivity index (χ4n) is 3.58. The van der Waals surface area contributed by atoms with Gasteiger partial charge >= 0.3 is 6.18 Å². The zero-order valence-corrected chi connectivity index (χ0v) is 18.2. The summed E-state index contributed by atoms with van der Waals surface area (Å²) in [6.45, 7) is 2.81. The molecule has 1 amide bonds. The van der Waals surface area contributed by atoms with Crippen molar-refractivity contribution >= 4 is 27.5 Å². The highest BCUT2D eigenvalue weighted by molar-refractivity contribution is 9.10. The van der Waals surface area contributed by atoms with E-state index in [0.29, 0.717) is 19.7 Å². The molecule has 1 aromatic carbocycles. The molecule has 0 saturated carbocycles. The molecule has 4 rings (SSSR count). The summed E-state index contributed by atoms with van der Waals surface area (Å²) in [4.78, 5) is 30.3. The molecule has 0 aliphatic carbocycles. The number of carbonyl (C=O) groups is 1. The Labute approximate surface area is 187 Å². The molecule has 0 bridgehead atoms. The van der Waals surface area contributed by atoms with Gasteiger partial charge in [0.2, 0.25) is 0 Å². The topological polar surface area (TPSA) is 63.9 Å². The fourth-order valence-corrected chi connectivity index (χ4v) is 4.09. The number of hydrogen-bond acceptors (Lipinski definition) is 4. The molecule has 2 aromatic heterocycles. The molecule has 6 nitrogen and oxygen atoms in total. The van der Waals surface area contributed by atoms with Crippen molar-refractivity contribution in [3.8, 4) is 11.1 Å². The first-order valence-corrected chi connectivity index (χ1v) is 10.4. The lowest BCUT2D eigenvalue weighted by Gasteiger charge is -2.31. The van der Waals surface area contributed by atoms with E-state index < -0.39 is 33.6 Å². The Morgan fingerprint density at radius 3 is 2.69 bits per heavy atom. The largest absolute Gasteiger partial charge is 0.434 e. The minimum Gasteiger partial charge on any atom is -0.375 e. The lowest BCUT2D eigenvalue weighted by Crippen LogP contribution is -2.44. The number of morpholine rings is 1. The molecule has 0 radical (unpaired) electrons. The molecule has 3 aromatic rings. The highest BCUT2D eigenvalue weighted by atomic mass is 79.9. The summed E-state index contributed by atoms with van der Waals surface area (Å²) in [5, 5.41) is 0. The number of halogens is 5. The summed E-state index contributed by atoms with van der Waals surface area (Å²) in [5.41, 5.74) is -2.47. The average molecular weight is 514 g/mol. The molecule has 168 valence electrons. The van der Waals surface area contributed by atoms with Gasteiger partial charge in [-0.15, -0.1) is 0 Å². The number of rotatable bonds is 2. The number of hydrogen-bond donors (Lipinski definition) is 0. The summed E-state index contributed by atoms with van der Waals surface area (Å²) >= 11 is 2.67. The smallest absolute Gasteiger partial charge is 0.375 e. The lowest BCUT2D eigenvalue weighted by atomic mass is 10.0. The van der Waals surface area contributed by atoms with Gasteiger partial charge in [-0.05, 0) is 52.7 Å². The Hall–Kier alpha value is -2.79. The normalized spacial score (nSPS) is 17.1. The van der Waals surface area contributed by atoms with E-state index in [1.54, 1.807) is 0 Å². The van der Waals surface area contributed by atoms with Gasteiger partial charge in [-0.2, -0.15) is 13.2 Å². The minimum absolute atomic E-state index is 0.112. The van der Waals surface area contributed by atoms with E-state index in [1.807, 2.05) is 6.92 Å². The van der Waals surface area contributed by atoms with Crippen molar-refractivity contribution < 1.29 is 27.1 Å². The second-order valence-corrected chi connectivity index (χ2v) is 8.11. The predicted octanol–water partition coefficient (Wildman–Crippen LogP) is 4.14. The minimum atomic E-state index is -4.86. The quantitative estimate of drug-likeness (QED) is 0.483.